The Morgan fingerprint density at radius 3 is 1.64 bits per heavy atom. The van der Waals surface area contributed by atoms with Crippen LogP contribution in [0.5, 0.6) is 0 Å². The molecule has 0 saturated heterocycles. The Kier molecular flexibility index (Phi) is 38.3. The second kappa shape index (κ2) is 22.9. The molecule has 0 saturated carbocycles. The van der Waals surface area contributed by atoms with Gasteiger partial charge in [0.25, 0.3) is 0 Å². The second-order valence-corrected chi connectivity index (χ2v) is 1.72. The van der Waals surface area contributed by atoms with Crippen LogP contribution in [0.3, 0.4) is 0 Å². The van der Waals surface area contributed by atoms with Gasteiger partial charge in [0.15, 0.2) is 0 Å². The molecule has 0 spiro atoms. The molecule has 1 aromatic rings. The maximum atomic E-state index is 7.25. The van der Waals surface area contributed by atoms with Crippen molar-refractivity contribution in [1.82, 2.24) is 4.98 Å². The standard InChI is InChI=1S/C6H8N.2C2H5.NO.W/c1-5-3-4-6(2)7-5;3*1-2;/h3,7H,1-2H3;2*1H2,2H3;;/q4*-1;. The molecule has 1 rings (SSSR count). The van der Waals surface area contributed by atoms with Crippen molar-refractivity contribution in [2.45, 2.75) is 27.7 Å². The van der Waals surface area contributed by atoms with E-state index < -0.39 is 0 Å². The van der Waals surface area contributed by atoms with Crippen molar-refractivity contribution in [3.05, 3.63) is 47.9 Å². The molecule has 3 nitrogen and oxygen atoms in total. The van der Waals surface area contributed by atoms with E-state index in [2.05, 4.69) is 24.9 Å². The second-order valence-electron chi connectivity index (χ2n) is 1.72. The van der Waals surface area contributed by atoms with Gasteiger partial charge in [-0.25, -0.2) is 12.1 Å². The first kappa shape index (κ1) is 23.4. The van der Waals surface area contributed by atoms with Crippen LogP contribution < -0.4 is 0 Å². The van der Waals surface area contributed by atoms with Crippen molar-refractivity contribution in [3.63, 3.8) is 0 Å². The average molecular weight is 366 g/mol. The van der Waals surface area contributed by atoms with Gasteiger partial charge in [0.1, 0.15) is 0 Å². The third kappa shape index (κ3) is 17.6. The van der Waals surface area contributed by atoms with E-state index in [0.717, 1.165) is 5.69 Å². The monoisotopic (exact) mass is 366 g/mol. The first-order valence-electron chi connectivity index (χ1n) is 3.92. The average Bonchev–Trinajstić information content (AvgIpc) is 2.60. The minimum atomic E-state index is 0. The smallest absolute Gasteiger partial charge is 0 e. The van der Waals surface area contributed by atoms with Crippen LogP contribution in [-0.2, 0) is 21.1 Å². The fourth-order valence-corrected chi connectivity index (χ4v) is 0.584. The van der Waals surface area contributed by atoms with Crippen LogP contribution in [0.2, 0.25) is 0 Å². The van der Waals surface area contributed by atoms with Gasteiger partial charge in [-0.3, -0.25) is 0 Å². The van der Waals surface area contributed by atoms with Crippen molar-refractivity contribution in [1.29, 1.82) is 0 Å². The largest absolute Gasteiger partial charge is 0.577 e. The van der Waals surface area contributed by atoms with Gasteiger partial charge in [-0.15, -0.1) is 5.69 Å². The molecule has 0 aliphatic heterocycles. The molecule has 0 fully saturated rings. The maximum Gasteiger partial charge on any atom is 0 e. The molecule has 0 radical (unpaired) electrons. The molecular formula is C10H18N2OW-4. The van der Waals surface area contributed by atoms with E-state index in [0.29, 0.717) is 0 Å². The normalized spacial score (nSPS) is 5.86. The molecule has 1 heterocycles. The molecule has 0 aliphatic rings. The number of nitrogens with one attached hydrogen (secondary N) is 1. The van der Waals surface area contributed by atoms with E-state index in [1.54, 1.807) is 13.8 Å². The van der Waals surface area contributed by atoms with Crippen LogP contribution in [0.25, 0.3) is 5.59 Å². The van der Waals surface area contributed by atoms with E-state index >= 15 is 0 Å². The molecule has 0 bridgehead atoms. The van der Waals surface area contributed by atoms with Crippen LogP contribution in [0, 0.1) is 38.7 Å². The van der Waals surface area contributed by atoms with E-state index in [4.69, 9.17) is 10.5 Å². The van der Waals surface area contributed by atoms with Crippen LogP contribution >= 0.6 is 0 Å². The Balaban J connectivity index is -0.0000000625. The third-order valence-electron chi connectivity index (χ3n) is 0.890. The quantitative estimate of drug-likeness (QED) is 0.703. The number of aromatic amines is 1. The van der Waals surface area contributed by atoms with Gasteiger partial charge in [-0.2, -0.15) is 13.8 Å². The van der Waals surface area contributed by atoms with E-state index in [1.165, 1.54) is 5.69 Å². The zero-order valence-corrected chi connectivity index (χ0v) is 12.2. The summed E-state index contributed by atoms with van der Waals surface area (Å²) in [6, 6.07) is 4.95. The number of hydrogen-bond donors (Lipinski definition) is 1. The summed E-state index contributed by atoms with van der Waals surface area (Å²) in [6.45, 7) is 14.0. The molecule has 0 unspecified atom stereocenters. The number of hydrogen-bond acceptors (Lipinski definition) is 1. The minimum Gasteiger partial charge on any atom is -0.577 e. The molecule has 0 aliphatic carbocycles. The summed E-state index contributed by atoms with van der Waals surface area (Å²) < 4.78 is 0. The summed E-state index contributed by atoms with van der Waals surface area (Å²) in [4.78, 5) is 10.3. The summed E-state index contributed by atoms with van der Waals surface area (Å²) in [5.41, 5.74) is 8.04. The fourth-order valence-electron chi connectivity index (χ4n) is 0.584. The fraction of sp³-hybridized carbons (Fsp3) is 0.400. The van der Waals surface area contributed by atoms with Crippen LogP contribution in [0.4, 0.5) is 0 Å². The number of aromatic nitrogens is 1. The number of nitrogens with zero attached hydrogens (tertiary/aromatic N) is 1. The molecule has 0 aromatic carbocycles. The zero-order valence-electron chi connectivity index (χ0n) is 9.26. The Hall–Kier alpha value is -0.432. The molecule has 84 valence electrons. The van der Waals surface area contributed by atoms with E-state index in [9.17, 15) is 0 Å². The summed E-state index contributed by atoms with van der Waals surface area (Å²) in [6.07, 6.45) is 0. The number of H-pyrrole nitrogens is 1. The first-order chi connectivity index (χ1) is 6.29. The molecule has 1 aromatic heterocycles. The predicted octanol–water partition coefficient (Wildman–Crippen LogP) is 3.43. The van der Waals surface area contributed by atoms with Gasteiger partial charge >= 0.3 is 0 Å². The van der Waals surface area contributed by atoms with Gasteiger partial charge in [0, 0.05) is 21.1 Å². The van der Waals surface area contributed by atoms with Crippen molar-refractivity contribution in [2.75, 3.05) is 0 Å². The van der Waals surface area contributed by atoms with Crippen molar-refractivity contribution in [3.8, 4) is 0 Å². The van der Waals surface area contributed by atoms with Crippen molar-refractivity contribution in [2.24, 2.45) is 0 Å². The Bertz CT molecular complexity index is 162. The molecule has 4 heteroatoms. The van der Waals surface area contributed by atoms with Crippen molar-refractivity contribution < 1.29 is 21.1 Å². The van der Waals surface area contributed by atoms with Crippen LogP contribution in [-0.4, -0.2) is 4.98 Å². The summed E-state index contributed by atoms with van der Waals surface area (Å²) >= 11 is 0. The van der Waals surface area contributed by atoms with Gasteiger partial charge in [0.2, 0.25) is 0 Å². The molecule has 0 amide bonds. The van der Waals surface area contributed by atoms with Gasteiger partial charge in [0.05, 0.1) is 0 Å². The molecular weight excluding hydrogens is 348 g/mol. The minimum absolute atomic E-state index is 0. The van der Waals surface area contributed by atoms with Gasteiger partial charge in [-0.1, -0.05) is 12.6 Å². The maximum absolute atomic E-state index is 7.25. The Morgan fingerprint density at radius 1 is 1.21 bits per heavy atom. The topological polar surface area (TPSA) is 55.2 Å². The van der Waals surface area contributed by atoms with Crippen LogP contribution in [0.15, 0.2) is 6.07 Å². The van der Waals surface area contributed by atoms with E-state index in [-0.39, 0.29) is 21.1 Å². The molecule has 1 N–H and O–H groups in total. The Morgan fingerprint density at radius 2 is 1.57 bits per heavy atom. The SMILES string of the molecule is Cc1[c-]cc(C)[nH]1.[CH2-]C.[CH2-]C.[N-]=O.[W]. The zero-order chi connectivity index (χ0) is 11.3. The summed E-state index contributed by atoms with van der Waals surface area (Å²) in [7, 11) is 0. The van der Waals surface area contributed by atoms with Crippen molar-refractivity contribution >= 4 is 0 Å². The molecule has 14 heavy (non-hydrogen) atoms. The Labute approximate surface area is 102 Å². The molecule has 0 atom stereocenters. The number of aryl methyl sites for hydroxylation is 2. The number of nitroso groups, excluding NO2 is 1. The predicted molar refractivity (Wildman–Crippen MR) is 57.9 cm³/mol. The van der Waals surface area contributed by atoms with Gasteiger partial charge in [-0.05, 0) is 6.92 Å². The van der Waals surface area contributed by atoms with Gasteiger partial charge < -0.3 is 29.3 Å². The van der Waals surface area contributed by atoms with E-state index in [1.807, 2.05) is 19.9 Å². The summed E-state index contributed by atoms with van der Waals surface area (Å²) in [5, 5.41) is 0. The van der Waals surface area contributed by atoms with Crippen LogP contribution in [0.1, 0.15) is 25.2 Å². The first-order valence-corrected chi connectivity index (χ1v) is 3.92. The summed E-state index contributed by atoms with van der Waals surface area (Å²) in [5.74, 6) is 0. The third-order valence-corrected chi connectivity index (χ3v) is 0.890. The number of rotatable bonds is 0.